The standard InChI is InChI=1S/C20H26N4O2/c1-4-5-14-23(2)19(25)17-7-6-8-18(22-17)20(26)24(3)15-11-16-9-12-21-13-10-16/h6-10,12-13H,4-5,11,14-15H2,1-3H3. The summed E-state index contributed by atoms with van der Waals surface area (Å²) in [4.78, 5) is 36.6. The number of rotatable bonds is 8. The molecule has 0 saturated heterocycles. The zero-order valence-corrected chi connectivity index (χ0v) is 15.7. The van der Waals surface area contributed by atoms with E-state index in [0.717, 1.165) is 24.8 Å². The third-order valence-electron chi connectivity index (χ3n) is 4.21. The molecule has 0 aromatic carbocycles. The highest BCUT2D eigenvalue weighted by Crippen LogP contribution is 2.07. The van der Waals surface area contributed by atoms with Gasteiger partial charge in [0.25, 0.3) is 11.8 Å². The van der Waals surface area contributed by atoms with E-state index in [1.807, 2.05) is 12.1 Å². The molecule has 2 heterocycles. The van der Waals surface area contributed by atoms with Crippen molar-refractivity contribution in [1.82, 2.24) is 19.8 Å². The van der Waals surface area contributed by atoms with Crippen molar-refractivity contribution in [2.75, 3.05) is 27.2 Å². The van der Waals surface area contributed by atoms with Crippen molar-refractivity contribution in [3.63, 3.8) is 0 Å². The molecule has 0 aliphatic carbocycles. The largest absolute Gasteiger partial charge is 0.340 e. The molecule has 0 aliphatic heterocycles. The highest BCUT2D eigenvalue weighted by molar-refractivity contribution is 5.96. The van der Waals surface area contributed by atoms with Gasteiger partial charge in [-0.15, -0.1) is 0 Å². The third kappa shape index (κ3) is 5.37. The molecule has 0 fully saturated rings. The van der Waals surface area contributed by atoms with Crippen molar-refractivity contribution in [2.45, 2.75) is 26.2 Å². The molecule has 2 rings (SSSR count). The highest BCUT2D eigenvalue weighted by Gasteiger charge is 2.17. The second-order valence-electron chi connectivity index (χ2n) is 6.32. The van der Waals surface area contributed by atoms with Crippen LogP contribution in [0, 0.1) is 0 Å². The van der Waals surface area contributed by atoms with Crippen molar-refractivity contribution < 1.29 is 9.59 Å². The van der Waals surface area contributed by atoms with E-state index in [-0.39, 0.29) is 17.5 Å². The van der Waals surface area contributed by atoms with Gasteiger partial charge in [-0.2, -0.15) is 0 Å². The fourth-order valence-corrected chi connectivity index (χ4v) is 2.51. The Hall–Kier alpha value is -2.76. The summed E-state index contributed by atoms with van der Waals surface area (Å²) in [6.45, 7) is 3.33. The highest BCUT2D eigenvalue weighted by atomic mass is 16.2. The van der Waals surface area contributed by atoms with Crippen LogP contribution in [-0.4, -0.2) is 58.8 Å². The van der Waals surface area contributed by atoms with E-state index in [2.05, 4.69) is 16.9 Å². The van der Waals surface area contributed by atoms with Gasteiger partial charge in [-0.1, -0.05) is 19.4 Å². The normalized spacial score (nSPS) is 10.4. The van der Waals surface area contributed by atoms with Crippen LogP contribution in [0.1, 0.15) is 46.3 Å². The summed E-state index contributed by atoms with van der Waals surface area (Å²) >= 11 is 0. The molecule has 0 radical (unpaired) electrons. The van der Waals surface area contributed by atoms with Gasteiger partial charge in [0.15, 0.2) is 0 Å². The lowest BCUT2D eigenvalue weighted by atomic mass is 10.2. The molecule has 0 aliphatic rings. The third-order valence-corrected chi connectivity index (χ3v) is 4.21. The molecule has 0 saturated carbocycles. The number of carbonyl (C=O) groups is 2. The summed E-state index contributed by atoms with van der Waals surface area (Å²) in [6, 6.07) is 8.87. The Morgan fingerprint density at radius 2 is 1.50 bits per heavy atom. The van der Waals surface area contributed by atoms with Crippen LogP contribution in [0.15, 0.2) is 42.7 Å². The van der Waals surface area contributed by atoms with Gasteiger partial charge in [-0.3, -0.25) is 14.6 Å². The average Bonchev–Trinajstić information content (AvgIpc) is 2.69. The average molecular weight is 354 g/mol. The van der Waals surface area contributed by atoms with Crippen LogP contribution < -0.4 is 0 Å². The van der Waals surface area contributed by atoms with E-state index in [1.165, 1.54) is 0 Å². The van der Waals surface area contributed by atoms with Gasteiger partial charge in [0.1, 0.15) is 11.4 Å². The fourth-order valence-electron chi connectivity index (χ4n) is 2.51. The summed E-state index contributed by atoms with van der Waals surface area (Å²) in [6.07, 6.45) is 6.18. The molecule has 2 aromatic heterocycles. The zero-order chi connectivity index (χ0) is 18.9. The smallest absolute Gasteiger partial charge is 0.272 e. The van der Waals surface area contributed by atoms with Crippen LogP contribution in [0.3, 0.4) is 0 Å². The lowest BCUT2D eigenvalue weighted by Gasteiger charge is -2.18. The van der Waals surface area contributed by atoms with Gasteiger partial charge in [0.05, 0.1) is 0 Å². The Morgan fingerprint density at radius 1 is 0.923 bits per heavy atom. The molecule has 0 unspecified atom stereocenters. The molecule has 0 N–H and O–H groups in total. The van der Waals surface area contributed by atoms with Crippen LogP contribution in [0.5, 0.6) is 0 Å². The summed E-state index contributed by atoms with van der Waals surface area (Å²) < 4.78 is 0. The van der Waals surface area contributed by atoms with Crippen LogP contribution in [0.2, 0.25) is 0 Å². The Kier molecular flexibility index (Phi) is 7.26. The maximum absolute atomic E-state index is 12.6. The minimum Gasteiger partial charge on any atom is -0.340 e. The van der Waals surface area contributed by atoms with Crippen molar-refractivity contribution in [3.05, 3.63) is 59.7 Å². The van der Waals surface area contributed by atoms with E-state index in [9.17, 15) is 9.59 Å². The van der Waals surface area contributed by atoms with E-state index >= 15 is 0 Å². The number of hydrogen-bond donors (Lipinski definition) is 0. The second-order valence-corrected chi connectivity index (χ2v) is 6.32. The number of aromatic nitrogens is 2. The molecule has 6 nitrogen and oxygen atoms in total. The maximum atomic E-state index is 12.6. The Morgan fingerprint density at radius 3 is 2.08 bits per heavy atom. The van der Waals surface area contributed by atoms with Gasteiger partial charge in [0, 0.05) is 39.6 Å². The molecule has 0 spiro atoms. The molecule has 138 valence electrons. The summed E-state index contributed by atoms with van der Waals surface area (Å²) in [7, 11) is 3.50. The van der Waals surface area contributed by atoms with E-state index in [4.69, 9.17) is 0 Å². The van der Waals surface area contributed by atoms with Gasteiger partial charge in [-0.25, -0.2) is 4.98 Å². The summed E-state index contributed by atoms with van der Waals surface area (Å²) in [5.74, 6) is -0.350. The van der Waals surface area contributed by atoms with Crippen molar-refractivity contribution in [2.24, 2.45) is 0 Å². The van der Waals surface area contributed by atoms with Gasteiger partial charge in [0.2, 0.25) is 0 Å². The Labute approximate surface area is 154 Å². The Bertz CT molecular complexity index is 734. The molecule has 2 amide bonds. The minimum atomic E-state index is -0.190. The summed E-state index contributed by atoms with van der Waals surface area (Å²) in [5, 5.41) is 0. The lowest BCUT2D eigenvalue weighted by Crippen LogP contribution is -2.31. The topological polar surface area (TPSA) is 66.4 Å². The predicted molar refractivity (Wildman–Crippen MR) is 101 cm³/mol. The monoisotopic (exact) mass is 354 g/mol. The fraction of sp³-hybridized carbons (Fsp3) is 0.400. The number of unbranched alkanes of at least 4 members (excludes halogenated alkanes) is 1. The van der Waals surface area contributed by atoms with Crippen LogP contribution in [-0.2, 0) is 6.42 Å². The van der Waals surface area contributed by atoms with Crippen LogP contribution in [0.25, 0.3) is 0 Å². The van der Waals surface area contributed by atoms with Gasteiger partial charge < -0.3 is 9.80 Å². The van der Waals surface area contributed by atoms with Crippen LogP contribution >= 0.6 is 0 Å². The van der Waals surface area contributed by atoms with E-state index < -0.39 is 0 Å². The first-order valence-electron chi connectivity index (χ1n) is 8.89. The molecule has 0 atom stereocenters. The first kappa shape index (κ1) is 19.6. The number of hydrogen-bond acceptors (Lipinski definition) is 4. The maximum Gasteiger partial charge on any atom is 0.272 e. The van der Waals surface area contributed by atoms with Crippen molar-refractivity contribution in [3.8, 4) is 0 Å². The molecule has 0 bridgehead atoms. The van der Waals surface area contributed by atoms with Gasteiger partial charge >= 0.3 is 0 Å². The van der Waals surface area contributed by atoms with Crippen molar-refractivity contribution >= 4 is 11.8 Å². The van der Waals surface area contributed by atoms with Crippen molar-refractivity contribution in [1.29, 1.82) is 0 Å². The molecular formula is C20H26N4O2. The van der Waals surface area contributed by atoms with Gasteiger partial charge in [-0.05, 0) is 42.7 Å². The SMILES string of the molecule is CCCCN(C)C(=O)c1cccc(C(=O)N(C)CCc2ccncc2)n1. The van der Waals surface area contributed by atoms with E-state index in [0.29, 0.717) is 18.8 Å². The molecule has 2 aromatic rings. The number of pyridine rings is 2. The minimum absolute atomic E-state index is 0.160. The number of amides is 2. The quantitative estimate of drug-likeness (QED) is 0.731. The summed E-state index contributed by atoms with van der Waals surface area (Å²) in [5.41, 5.74) is 1.71. The molecular weight excluding hydrogens is 328 g/mol. The number of nitrogens with zero attached hydrogens (tertiary/aromatic N) is 4. The zero-order valence-electron chi connectivity index (χ0n) is 15.7. The number of likely N-dealkylation sites (N-methyl/N-ethyl adjacent to an activating group) is 1. The van der Waals surface area contributed by atoms with Crippen LogP contribution in [0.4, 0.5) is 0 Å². The first-order valence-corrected chi connectivity index (χ1v) is 8.89. The lowest BCUT2D eigenvalue weighted by molar-refractivity contribution is 0.0782. The first-order chi connectivity index (χ1) is 12.5. The molecule has 26 heavy (non-hydrogen) atoms. The second kappa shape index (κ2) is 9.65. The number of carbonyl (C=O) groups excluding carboxylic acids is 2. The molecule has 6 heteroatoms. The predicted octanol–water partition coefficient (Wildman–Crippen LogP) is 2.66. The Balaban J connectivity index is 2.01. The van der Waals surface area contributed by atoms with E-state index in [1.54, 1.807) is 54.5 Å².